The molecular weight excluding hydrogens is 406 g/mol. The van der Waals surface area contributed by atoms with Gasteiger partial charge in [0.2, 0.25) is 0 Å². The van der Waals surface area contributed by atoms with Gasteiger partial charge >= 0.3 is 0 Å². The van der Waals surface area contributed by atoms with Crippen LogP contribution in [0.3, 0.4) is 0 Å². The van der Waals surface area contributed by atoms with E-state index in [0.29, 0.717) is 24.1 Å². The third-order valence-electron chi connectivity index (χ3n) is 6.48. The Kier molecular flexibility index (Phi) is 5.12. The molecule has 4 aromatic rings. The number of hydrogen-bond donors (Lipinski definition) is 1. The molecule has 7 heteroatoms. The van der Waals surface area contributed by atoms with Crippen molar-refractivity contribution in [2.24, 2.45) is 5.92 Å². The molecule has 2 aromatic carbocycles. The van der Waals surface area contributed by atoms with Crippen molar-refractivity contribution in [2.75, 3.05) is 0 Å². The number of halogens is 4. The van der Waals surface area contributed by atoms with Crippen LogP contribution in [0.25, 0.3) is 21.9 Å². The van der Waals surface area contributed by atoms with E-state index in [1.54, 1.807) is 18.3 Å². The van der Waals surface area contributed by atoms with Crippen molar-refractivity contribution < 1.29 is 17.6 Å². The van der Waals surface area contributed by atoms with Crippen molar-refractivity contribution in [1.82, 2.24) is 15.0 Å². The average Bonchev–Trinajstić information content (AvgIpc) is 3.19. The van der Waals surface area contributed by atoms with Gasteiger partial charge in [-0.25, -0.2) is 22.5 Å². The largest absolute Gasteiger partial charge is 0.342 e. The topological polar surface area (TPSA) is 41.6 Å². The fourth-order valence-electron chi connectivity index (χ4n) is 4.83. The van der Waals surface area contributed by atoms with Gasteiger partial charge in [-0.1, -0.05) is 0 Å². The Bertz CT molecular complexity index is 1260. The molecule has 1 aliphatic carbocycles. The predicted octanol–water partition coefficient (Wildman–Crippen LogP) is 6.57. The second-order valence-electron chi connectivity index (χ2n) is 8.38. The maximum absolute atomic E-state index is 13.9. The number of aromatic amines is 1. The zero-order valence-electron chi connectivity index (χ0n) is 16.8. The first-order valence-electron chi connectivity index (χ1n) is 10.6. The van der Waals surface area contributed by atoms with Gasteiger partial charge in [0.25, 0.3) is 0 Å². The van der Waals surface area contributed by atoms with E-state index < -0.39 is 17.5 Å². The highest BCUT2D eigenvalue weighted by atomic mass is 19.2. The first-order chi connectivity index (χ1) is 15.0. The normalized spacial score (nSPS) is 19.4. The lowest BCUT2D eigenvalue weighted by atomic mass is 9.76. The fraction of sp³-hybridized carbons (Fsp3) is 0.333. The van der Waals surface area contributed by atoms with Crippen LogP contribution in [0.4, 0.5) is 17.6 Å². The summed E-state index contributed by atoms with van der Waals surface area (Å²) in [7, 11) is 0. The maximum Gasteiger partial charge on any atom is 0.196 e. The van der Waals surface area contributed by atoms with E-state index >= 15 is 0 Å². The molecule has 0 aliphatic heterocycles. The van der Waals surface area contributed by atoms with E-state index in [-0.39, 0.29) is 16.9 Å². The van der Waals surface area contributed by atoms with Crippen LogP contribution < -0.4 is 0 Å². The Morgan fingerprint density at radius 2 is 1.74 bits per heavy atom. The molecule has 160 valence electrons. The first-order valence-corrected chi connectivity index (χ1v) is 10.6. The lowest BCUT2D eigenvalue weighted by Crippen LogP contribution is -2.14. The first kappa shape index (κ1) is 20.0. The van der Waals surface area contributed by atoms with Crippen molar-refractivity contribution in [3.05, 3.63) is 71.2 Å². The van der Waals surface area contributed by atoms with Gasteiger partial charge in [0.05, 0.1) is 11.0 Å². The summed E-state index contributed by atoms with van der Waals surface area (Å²) in [6.07, 6.45) is 7.31. The van der Waals surface area contributed by atoms with Crippen molar-refractivity contribution in [1.29, 1.82) is 0 Å². The van der Waals surface area contributed by atoms with Crippen LogP contribution in [0.15, 0.2) is 36.5 Å². The molecule has 0 spiro atoms. The third-order valence-corrected chi connectivity index (χ3v) is 6.48. The summed E-state index contributed by atoms with van der Waals surface area (Å²) < 4.78 is 54.5. The van der Waals surface area contributed by atoms with Crippen molar-refractivity contribution in [3.8, 4) is 0 Å². The Morgan fingerprint density at radius 3 is 2.55 bits per heavy atom. The highest BCUT2D eigenvalue weighted by molar-refractivity contribution is 5.82. The van der Waals surface area contributed by atoms with Crippen LogP contribution in [-0.2, 0) is 6.42 Å². The number of H-pyrrole nitrogens is 1. The standard InChI is InChI=1S/C24H21F4N3/c25-15-6-7-19-17(11-15)16(9-10-29-19)14-4-1-13(2-5-14)3-8-21-30-20-12-18(26)22(27)23(28)24(20)31-21/h6-7,9-14H,1-5,8H2,(H,30,31). The molecule has 2 aromatic heterocycles. The number of nitrogens with zero attached hydrogens (tertiary/aromatic N) is 2. The summed E-state index contributed by atoms with van der Waals surface area (Å²) >= 11 is 0. The number of pyridine rings is 1. The molecule has 2 heterocycles. The van der Waals surface area contributed by atoms with Gasteiger partial charge < -0.3 is 4.98 Å². The van der Waals surface area contributed by atoms with E-state index in [2.05, 4.69) is 15.0 Å². The molecule has 1 aliphatic rings. The minimum atomic E-state index is -1.49. The van der Waals surface area contributed by atoms with Crippen LogP contribution >= 0.6 is 0 Å². The van der Waals surface area contributed by atoms with Crippen LogP contribution in [0, 0.1) is 29.2 Å². The highest BCUT2D eigenvalue weighted by Gasteiger charge is 2.24. The Labute approximate surface area is 176 Å². The number of imidazole rings is 1. The van der Waals surface area contributed by atoms with Gasteiger partial charge in [-0.05, 0) is 73.8 Å². The summed E-state index contributed by atoms with van der Waals surface area (Å²) in [4.78, 5) is 11.4. The van der Waals surface area contributed by atoms with E-state index in [0.717, 1.165) is 54.6 Å². The molecule has 31 heavy (non-hydrogen) atoms. The van der Waals surface area contributed by atoms with E-state index in [1.807, 2.05) is 6.07 Å². The molecule has 1 fully saturated rings. The van der Waals surface area contributed by atoms with Gasteiger partial charge in [-0.15, -0.1) is 0 Å². The van der Waals surface area contributed by atoms with E-state index in [4.69, 9.17) is 0 Å². The number of hydrogen-bond acceptors (Lipinski definition) is 2. The number of rotatable bonds is 4. The molecule has 0 bridgehead atoms. The van der Waals surface area contributed by atoms with Crippen LogP contribution in [-0.4, -0.2) is 15.0 Å². The van der Waals surface area contributed by atoms with Crippen LogP contribution in [0.1, 0.15) is 49.4 Å². The molecule has 1 saturated carbocycles. The molecule has 0 saturated heterocycles. The van der Waals surface area contributed by atoms with Crippen molar-refractivity contribution in [3.63, 3.8) is 0 Å². The van der Waals surface area contributed by atoms with Gasteiger partial charge in [-0.2, -0.15) is 0 Å². The zero-order chi connectivity index (χ0) is 21.5. The molecule has 3 nitrogen and oxygen atoms in total. The lowest BCUT2D eigenvalue weighted by Gasteiger charge is -2.29. The Hall–Kier alpha value is -2.96. The molecular formula is C24H21F4N3. The Balaban J connectivity index is 1.24. The number of aromatic nitrogens is 3. The molecule has 0 amide bonds. The summed E-state index contributed by atoms with van der Waals surface area (Å²) in [5.74, 6) is -2.81. The fourth-order valence-corrected chi connectivity index (χ4v) is 4.83. The molecule has 0 radical (unpaired) electrons. The van der Waals surface area contributed by atoms with Gasteiger partial charge in [0, 0.05) is 24.1 Å². The van der Waals surface area contributed by atoms with Crippen LogP contribution in [0.2, 0.25) is 0 Å². The number of fused-ring (bicyclic) bond motifs is 2. The molecule has 0 unspecified atom stereocenters. The molecule has 1 N–H and O–H groups in total. The minimum Gasteiger partial charge on any atom is -0.342 e. The lowest BCUT2D eigenvalue weighted by molar-refractivity contribution is 0.310. The van der Waals surface area contributed by atoms with Gasteiger partial charge in [0.1, 0.15) is 17.2 Å². The summed E-state index contributed by atoms with van der Waals surface area (Å²) in [6, 6.07) is 7.65. The maximum atomic E-state index is 13.9. The monoisotopic (exact) mass is 427 g/mol. The number of aryl methyl sites for hydroxylation is 1. The number of benzene rings is 2. The smallest absolute Gasteiger partial charge is 0.196 e. The second kappa shape index (κ2) is 7.94. The van der Waals surface area contributed by atoms with E-state index in [1.165, 1.54) is 6.07 Å². The van der Waals surface area contributed by atoms with E-state index in [9.17, 15) is 17.6 Å². The Morgan fingerprint density at radius 1 is 0.935 bits per heavy atom. The van der Waals surface area contributed by atoms with Gasteiger partial charge in [-0.3, -0.25) is 4.98 Å². The quantitative estimate of drug-likeness (QED) is 0.295. The average molecular weight is 427 g/mol. The molecule has 5 rings (SSSR count). The predicted molar refractivity (Wildman–Crippen MR) is 111 cm³/mol. The van der Waals surface area contributed by atoms with Crippen LogP contribution in [0.5, 0.6) is 0 Å². The summed E-state index contributed by atoms with van der Waals surface area (Å²) in [5, 5.41) is 0.884. The summed E-state index contributed by atoms with van der Waals surface area (Å²) in [5.41, 5.74) is 1.98. The third kappa shape index (κ3) is 3.77. The SMILES string of the molecule is Fc1ccc2nccc(C3CCC(CCc4nc5c(F)c(F)c(F)cc5[nH]4)CC3)c2c1. The summed E-state index contributed by atoms with van der Waals surface area (Å²) in [6.45, 7) is 0. The van der Waals surface area contributed by atoms with Crippen molar-refractivity contribution >= 4 is 21.9 Å². The second-order valence-corrected chi connectivity index (χ2v) is 8.38. The highest BCUT2D eigenvalue weighted by Crippen LogP contribution is 2.39. The zero-order valence-corrected chi connectivity index (χ0v) is 16.8. The number of nitrogens with one attached hydrogen (secondary N) is 1. The minimum absolute atomic E-state index is 0.158. The van der Waals surface area contributed by atoms with Gasteiger partial charge in [0.15, 0.2) is 17.5 Å². The molecule has 0 atom stereocenters. The van der Waals surface area contributed by atoms with Crippen molar-refractivity contribution in [2.45, 2.75) is 44.4 Å².